The number of carbonyl (C=O) groups excluding carboxylic acids is 3. The van der Waals surface area contributed by atoms with Crippen molar-refractivity contribution >= 4 is 35.6 Å². The molecule has 0 radical (unpaired) electrons. The van der Waals surface area contributed by atoms with Gasteiger partial charge in [-0.3, -0.25) is 19.6 Å². The van der Waals surface area contributed by atoms with E-state index < -0.39 is 11.9 Å². The van der Waals surface area contributed by atoms with Crippen LogP contribution in [0.4, 0.5) is 0 Å². The number of hydrogen-bond acceptors (Lipinski definition) is 5. The highest BCUT2D eigenvalue weighted by Gasteiger charge is 2.19. The van der Waals surface area contributed by atoms with E-state index in [4.69, 9.17) is 5.21 Å². The Bertz CT molecular complexity index is 860. The van der Waals surface area contributed by atoms with Gasteiger partial charge in [-0.25, -0.2) is 5.48 Å². The van der Waals surface area contributed by atoms with Gasteiger partial charge in [-0.15, -0.1) is 0 Å². The highest BCUT2D eigenvalue weighted by atomic mass is 32.2. The molecule has 4 N–H and O–H groups in total. The van der Waals surface area contributed by atoms with Crippen LogP contribution in [0.15, 0.2) is 66.7 Å². The molecule has 0 saturated heterocycles. The molecule has 0 bridgehead atoms. The van der Waals surface area contributed by atoms with Crippen LogP contribution in [0.2, 0.25) is 0 Å². The molecule has 7 nitrogen and oxygen atoms in total. The topological polar surface area (TPSA) is 108 Å². The number of carbonyl (C=O) groups is 3. The molecular weight excluding hydrogens is 414 g/mol. The Kier molecular flexibility index (Phi) is 10.9. The molecule has 0 aromatic heterocycles. The van der Waals surface area contributed by atoms with Crippen molar-refractivity contribution in [3.63, 3.8) is 0 Å². The normalized spacial score (nSPS) is 11.6. The maximum atomic E-state index is 12.7. The molecule has 0 aliphatic rings. The second-order valence-electron chi connectivity index (χ2n) is 6.72. The third kappa shape index (κ3) is 9.97. The largest absolute Gasteiger partial charge is 0.350 e. The van der Waals surface area contributed by atoms with Crippen molar-refractivity contribution in [1.82, 2.24) is 16.1 Å². The van der Waals surface area contributed by atoms with Gasteiger partial charge in [0.1, 0.15) is 6.04 Å². The molecule has 0 aliphatic heterocycles. The van der Waals surface area contributed by atoms with E-state index >= 15 is 0 Å². The van der Waals surface area contributed by atoms with Gasteiger partial charge < -0.3 is 10.6 Å². The zero-order chi connectivity index (χ0) is 22.3. The average Bonchev–Trinajstić information content (AvgIpc) is 2.81. The predicted octanol–water partition coefficient (Wildman–Crippen LogP) is 2.52. The molecule has 0 aliphatic carbocycles. The Morgan fingerprint density at radius 2 is 1.68 bits per heavy atom. The number of benzene rings is 2. The third-order valence-electron chi connectivity index (χ3n) is 4.27. The van der Waals surface area contributed by atoms with Crippen molar-refractivity contribution in [3.8, 4) is 0 Å². The van der Waals surface area contributed by atoms with Gasteiger partial charge >= 0.3 is 0 Å². The van der Waals surface area contributed by atoms with Gasteiger partial charge in [0.05, 0.1) is 0 Å². The zero-order valence-corrected chi connectivity index (χ0v) is 17.9. The van der Waals surface area contributed by atoms with Crippen LogP contribution >= 0.6 is 11.8 Å². The van der Waals surface area contributed by atoms with Crippen molar-refractivity contribution in [3.05, 3.63) is 77.9 Å². The lowest BCUT2D eigenvalue weighted by Gasteiger charge is -2.17. The summed E-state index contributed by atoms with van der Waals surface area (Å²) in [5, 5.41) is 14.1. The molecule has 2 aromatic rings. The number of thioether (sulfide) groups is 1. The quantitative estimate of drug-likeness (QED) is 0.175. The van der Waals surface area contributed by atoms with Crippen LogP contribution in [0.5, 0.6) is 0 Å². The molecule has 0 heterocycles. The number of hydrogen-bond donors (Lipinski definition) is 4. The number of amides is 3. The van der Waals surface area contributed by atoms with E-state index in [-0.39, 0.29) is 18.2 Å². The standard InChI is InChI=1S/C23H27N3O4S/c27-21(14-13-18-8-3-1-4-9-18)25-20(17-31-15-7-12-22(28)26-30)23(29)24-16-19-10-5-2-6-11-19/h1-6,8-11,13-14,20,30H,7,12,15-17H2,(H,24,29)(H,25,27)(H,26,28)/b14-13-/t20-/m0/s1. The maximum absolute atomic E-state index is 12.7. The van der Waals surface area contributed by atoms with Crippen molar-refractivity contribution < 1.29 is 19.6 Å². The lowest BCUT2D eigenvalue weighted by atomic mass is 10.2. The fourth-order valence-electron chi connectivity index (χ4n) is 2.64. The van der Waals surface area contributed by atoms with Crippen LogP contribution in [0.25, 0.3) is 6.08 Å². The summed E-state index contributed by atoms with van der Waals surface area (Å²) in [6, 6.07) is 18.2. The number of rotatable bonds is 12. The lowest BCUT2D eigenvalue weighted by molar-refractivity contribution is -0.129. The molecular formula is C23H27N3O4S. The molecule has 0 fully saturated rings. The van der Waals surface area contributed by atoms with E-state index in [1.807, 2.05) is 60.7 Å². The van der Waals surface area contributed by atoms with E-state index in [1.165, 1.54) is 17.8 Å². The second kappa shape index (κ2) is 14.0. The fraction of sp³-hybridized carbons (Fsp3) is 0.261. The molecule has 31 heavy (non-hydrogen) atoms. The molecule has 0 spiro atoms. The summed E-state index contributed by atoms with van der Waals surface area (Å²) in [6.45, 7) is 0.368. The summed E-state index contributed by atoms with van der Waals surface area (Å²) in [4.78, 5) is 36.1. The van der Waals surface area contributed by atoms with Gasteiger partial charge in [0, 0.05) is 24.8 Å². The minimum atomic E-state index is -0.715. The van der Waals surface area contributed by atoms with Gasteiger partial charge in [-0.2, -0.15) is 11.8 Å². The molecule has 2 rings (SSSR count). The second-order valence-corrected chi connectivity index (χ2v) is 7.87. The van der Waals surface area contributed by atoms with Crippen LogP contribution in [0.3, 0.4) is 0 Å². The summed E-state index contributed by atoms with van der Waals surface area (Å²) in [5.74, 6) is -0.0928. The van der Waals surface area contributed by atoms with Crippen LogP contribution in [-0.2, 0) is 20.9 Å². The summed E-state index contributed by atoms with van der Waals surface area (Å²) < 4.78 is 0. The first-order valence-corrected chi connectivity index (χ1v) is 11.1. The smallest absolute Gasteiger partial charge is 0.244 e. The Hall–Kier alpha value is -3.10. The summed E-state index contributed by atoms with van der Waals surface area (Å²) in [7, 11) is 0. The van der Waals surface area contributed by atoms with Crippen molar-refractivity contribution in [2.45, 2.75) is 25.4 Å². The molecule has 164 valence electrons. The first kappa shape index (κ1) is 24.2. The van der Waals surface area contributed by atoms with Gasteiger partial charge in [-0.1, -0.05) is 60.7 Å². The van der Waals surface area contributed by atoms with Crippen LogP contribution < -0.4 is 16.1 Å². The van der Waals surface area contributed by atoms with Crippen LogP contribution in [0.1, 0.15) is 24.0 Å². The van der Waals surface area contributed by atoms with Gasteiger partial charge in [-0.05, 0) is 29.4 Å². The van der Waals surface area contributed by atoms with Gasteiger partial charge in [0.15, 0.2) is 0 Å². The first-order valence-electron chi connectivity index (χ1n) is 9.94. The monoisotopic (exact) mass is 441 g/mol. The minimum absolute atomic E-state index is 0.195. The van der Waals surface area contributed by atoms with Gasteiger partial charge in [0.2, 0.25) is 17.7 Å². The summed E-state index contributed by atoms with van der Waals surface area (Å²) in [6.07, 6.45) is 3.84. The van der Waals surface area contributed by atoms with Crippen molar-refractivity contribution in [2.75, 3.05) is 11.5 Å². The summed E-state index contributed by atoms with van der Waals surface area (Å²) >= 11 is 1.46. The molecule has 3 amide bonds. The Balaban J connectivity index is 1.90. The van der Waals surface area contributed by atoms with E-state index in [1.54, 1.807) is 11.6 Å². The van der Waals surface area contributed by atoms with E-state index in [9.17, 15) is 14.4 Å². The van der Waals surface area contributed by atoms with Crippen LogP contribution in [0, 0.1) is 0 Å². The minimum Gasteiger partial charge on any atom is -0.350 e. The Labute approximate surface area is 186 Å². The van der Waals surface area contributed by atoms with Crippen molar-refractivity contribution in [2.24, 2.45) is 0 Å². The van der Waals surface area contributed by atoms with Crippen LogP contribution in [-0.4, -0.2) is 40.5 Å². The lowest BCUT2D eigenvalue weighted by Crippen LogP contribution is -2.47. The third-order valence-corrected chi connectivity index (χ3v) is 5.42. The average molecular weight is 442 g/mol. The summed E-state index contributed by atoms with van der Waals surface area (Å²) in [5.41, 5.74) is 3.45. The van der Waals surface area contributed by atoms with Crippen molar-refractivity contribution in [1.29, 1.82) is 0 Å². The molecule has 0 saturated carbocycles. The molecule has 0 unspecified atom stereocenters. The van der Waals surface area contributed by atoms with E-state index in [2.05, 4.69) is 10.6 Å². The molecule has 1 atom stereocenters. The zero-order valence-electron chi connectivity index (χ0n) is 17.1. The van der Waals surface area contributed by atoms with E-state index in [0.29, 0.717) is 24.5 Å². The SMILES string of the molecule is O=C(/C=C\c1ccccc1)N[C@@H](CSCCCC(=O)NO)C(=O)NCc1ccccc1. The first-order chi connectivity index (χ1) is 15.1. The molecule has 2 aromatic carbocycles. The van der Waals surface area contributed by atoms with E-state index in [0.717, 1.165) is 11.1 Å². The Morgan fingerprint density at radius 3 is 2.35 bits per heavy atom. The predicted molar refractivity (Wildman–Crippen MR) is 122 cm³/mol. The molecule has 8 heteroatoms. The van der Waals surface area contributed by atoms with Gasteiger partial charge in [0.25, 0.3) is 0 Å². The highest BCUT2D eigenvalue weighted by Crippen LogP contribution is 2.08. The number of nitrogens with one attached hydrogen (secondary N) is 3. The maximum Gasteiger partial charge on any atom is 0.244 e. The Morgan fingerprint density at radius 1 is 1.00 bits per heavy atom. The number of hydroxylamine groups is 1. The highest BCUT2D eigenvalue weighted by molar-refractivity contribution is 7.99. The fourth-order valence-corrected chi connectivity index (χ4v) is 3.62.